The number of hydrogen-bond donors (Lipinski definition) is 3. The minimum Gasteiger partial charge on any atom is -0.475 e. The Labute approximate surface area is 187 Å². The summed E-state index contributed by atoms with van der Waals surface area (Å²) in [4.78, 5) is 37.6. The summed E-state index contributed by atoms with van der Waals surface area (Å²) < 4.78 is 31.7. The third-order valence-corrected chi connectivity index (χ3v) is 4.96. The van der Waals surface area contributed by atoms with E-state index in [1.54, 1.807) is 18.6 Å². The Balaban J connectivity index is 0.000000383. The van der Waals surface area contributed by atoms with Gasteiger partial charge in [-0.05, 0) is 56.4 Å². The summed E-state index contributed by atoms with van der Waals surface area (Å²) in [6.07, 6.45) is 2.45. The molecule has 1 fully saturated rings. The Kier molecular flexibility index (Phi) is 7.10. The highest BCUT2D eigenvalue weighted by atomic mass is 19.4. The molecule has 3 aromatic rings. The normalized spacial score (nSPS) is 13.1. The van der Waals surface area contributed by atoms with E-state index in [4.69, 9.17) is 9.90 Å². The van der Waals surface area contributed by atoms with Crippen LogP contribution in [-0.2, 0) is 4.79 Å². The number of amides is 1. The first kappa shape index (κ1) is 23.9. The first-order valence-electron chi connectivity index (χ1n) is 10.1. The number of carbonyl (C=O) groups excluding carboxylic acids is 1. The first-order valence-corrected chi connectivity index (χ1v) is 10.1. The SMILES string of the molecule is Cc1nc(-c2cc(-c3cncc(C(=O)NCC4CC4)c3)ccn2)[nH]c1C.O=C(O)C(F)(F)F. The summed E-state index contributed by atoms with van der Waals surface area (Å²) in [5.74, 6) is -1.43. The number of aliphatic carboxylic acids is 1. The van der Waals surface area contributed by atoms with E-state index in [2.05, 4.69) is 25.3 Å². The number of aryl methyl sites for hydroxylation is 2. The van der Waals surface area contributed by atoms with Crippen LogP contribution in [0.2, 0.25) is 0 Å². The molecule has 3 heterocycles. The predicted octanol–water partition coefficient (Wildman–Crippen LogP) is 3.92. The van der Waals surface area contributed by atoms with E-state index in [1.807, 2.05) is 32.0 Å². The average Bonchev–Trinajstić information content (AvgIpc) is 3.55. The van der Waals surface area contributed by atoms with Crippen molar-refractivity contribution in [3.05, 3.63) is 53.7 Å². The van der Waals surface area contributed by atoms with E-state index in [0.717, 1.165) is 40.6 Å². The van der Waals surface area contributed by atoms with Crippen LogP contribution in [0, 0.1) is 19.8 Å². The quantitative estimate of drug-likeness (QED) is 0.530. The number of alkyl halides is 3. The van der Waals surface area contributed by atoms with Crippen LogP contribution in [0.4, 0.5) is 13.2 Å². The van der Waals surface area contributed by atoms with E-state index < -0.39 is 12.1 Å². The molecule has 4 rings (SSSR count). The maximum atomic E-state index is 12.3. The molecule has 3 aromatic heterocycles. The van der Waals surface area contributed by atoms with Gasteiger partial charge in [-0.3, -0.25) is 14.8 Å². The van der Waals surface area contributed by atoms with Gasteiger partial charge in [0.05, 0.1) is 11.3 Å². The van der Waals surface area contributed by atoms with Crippen molar-refractivity contribution < 1.29 is 27.9 Å². The number of rotatable bonds is 5. The Hall–Kier alpha value is -3.76. The fourth-order valence-electron chi connectivity index (χ4n) is 2.79. The summed E-state index contributed by atoms with van der Waals surface area (Å²) in [5.41, 5.74) is 5.17. The third-order valence-electron chi connectivity index (χ3n) is 4.96. The van der Waals surface area contributed by atoms with Crippen LogP contribution in [0.25, 0.3) is 22.6 Å². The molecule has 1 amide bonds. The number of carboxylic acid groups (broad SMARTS) is 1. The topological polar surface area (TPSA) is 121 Å². The molecule has 1 aliphatic rings. The number of nitrogens with zero attached hydrogens (tertiary/aromatic N) is 3. The largest absolute Gasteiger partial charge is 0.490 e. The van der Waals surface area contributed by atoms with Crippen molar-refractivity contribution in [3.8, 4) is 22.6 Å². The number of carbonyl (C=O) groups is 2. The predicted molar refractivity (Wildman–Crippen MR) is 113 cm³/mol. The molecule has 0 unspecified atom stereocenters. The Morgan fingerprint density at radius 1 is 1.18 bits per heavy atom. The fraction of sp³-hybridized carbons (Fsp3) is 0.318. The zero-order valence-corrected chi connectivity index (χ0v) is 17.9. The molecule has 0 bridgehead atoms. The highest BCUT2D eigenvalue weighted by Crippen LogP contribution is 2.28. The van der Waals surface area contributed by atoms with Crippen LogP contribution < -0.4 is 5.32 Å². The van der Waals surface area contributed by atoms with Crippen molar-refractivity contribution >= 4 is 11.9 Å². The highest BCUT2D eigenvalue weighted by molar-refractivity contribution is 5.95. The maximum absolute atomic E-state index is 12.3. The molecular formula is C22H22F3N5O3. The first-order chi connectivity index (χ1) is 15.5. The lowest BCUT2D eigenvalue weighted by atomic mass is 10.1. The van der Waals surface area contributed by atoms with Gasteiger partial charge in [0.25, 0.3) is 5.91 Å². The van der Waals surface area contributed by atoms with Gasteiger partial charge in [-0.25, -0.2) is 9.78 Å². The van der Waals surface area contributed by atoms with Crippen molar-refractivity contribution in [2.24, 2.45) is 5.92 Å². The summed E-state index contributed by atoms with van der Waals surface area (Å²) in [6.45, 7) is 4.70. The lowest BCUT2D eigenvalue weighted by Crippen LogP contribution is -2.25. The van der Waals surface area contributed by atoms with Crippen LogP contribution in [0.15, 0.2) is 36.8 Å². The second kappa shape index (κ2) is 9.80. The average molecular weight is 461 g/mol. The number of aromatic amines is 1. The van der Waals surface area contributed by atoms with Gasteiger partial charge in [-0.15, -0.1) is 0 Å². The van der Waals surface area contributed by atoms with Crippen molar-refractivity contribution in [2.75, 3.05) is 6.54 Å². The molecule has 1 saturated carbocycles. The van der Waals surface area contributed by atoms with Crippen LogP contribution >= 0.6 is 0 Å². The number of H-pyrrole nitrogens is 1. The number of hydrogen-bond acceptors (Lipinski definition) is 5. The van der Waals surface area contributed by atoms with Crippen LogP contribution in [-0.4, -0.2) is 49.6 Å². The maximum Gasteiger partial charge on any atom is 0.490 e. The third kappa shape index (κ3) is 6.61. The molecule has 0 aromatic carbocycles. The van der Waals surface area contributed by atoms with Crippen molar-refractivity contribution in [1.29, 1.82) is 0 Å². The van der Waals surface area contributed by atoms with Crippen LogP contribution in [0.1, 0.15) is 34.6 Å². The number of halogens is 3. The van der Waals surface area contributed by atoms with E-state index in [1.165, 1.54) is 12.8 Å². The van der Waals surface area contributed by atoms with Gasteiger partial charge in [-0.2, -0.15) is 13.2 Å². The van der Waals surface area contributed by atoms with Crippen LogP contribution in [0.5, 0.6) is 0 Å². The monoisotopic (exact) mass is 461 g/mol. The second-order valence-electron chi connectivity index (χ2n) is 7.64. The van der Waals surface area contributed by atoms with Crippen molar-refractivity contribution in [1.82, 2.24) is 25.3 Å². The van der Waals surface area contributed by atoms with E-state index in [-0.39, 0.29) is 5.91 Å². The molecule has 0 saturated heterocycles. The van der Waals surface area contributed by atoms with Gasteiger partial charge in [0.1, 0.15) is 5.69 Å². The van der Waals surface area contributed by atoms with Crippen molar-refractivity contribution in [3.63, 3.8) is 0 Å². The Morgan fingerprint density at radius 3 is 2.45 bits per heavy atom. The molecule has 8 nitrogen and oxygen atoms in total. The van der Waals surface area contributed by atoms with Gasteiger partial charge in [0.2, 0.25) is 0 Å². The molecule has 11 heteroatoms. The molecular weight excluding hydrogens is 439 g/mol. The summed E-state index contributed by atoms with van der Waals surface area (Å²) in [6, 6.07) is 5.74. The summed E-state index contributed by atoms with van der Waals surface area (Å²) in [5, 5.41) is 10.1. The van der Waals surface area contributed by atoms with Gasteiger partial charge in [0, 0.05) is 36.4 Å². The zero-order valence-electron chi connectivity index (χ0n) is 17.9. The number of pyridine rings is 2. The number of imidazole rings is 1. The molecule has 3 N–H and O–H groups in total. The van der Waals surface area contributed by atoms with Gasteiger partial charge in [0.15, 0.2) is 5.82 Å². The number of carboxylic acids is 1. The molecule has 33 heavy (non-hydrogen) atoms. The molecule has 0 aliphatic heterocycles. The standard InChI is InChI=1S/C20H21N5O.C2HF3O2/c1-12-13(2)25-19(24-12)18-8-15(5-6-22-18)16-7-17(11-21-10-16)20(26)23-9-14-3-4-14;3-2(4,5)1(6)7/h5-8,10-11,14H,3-4,9H2,1-2H3,(H,23,26)(H,24,25);(H,6,7). The highest BCUT2D eigenvalue weighted by Gasteiger charge is 2.38. The lowest BCUT2D eigenvalue weighted by Gasteiger charge is -2.07. The van der Waals surface area contributed by atoms with E-state index >= 15 is 0 Å². The molecule has 0 spiro atoms. The number of aromatic nitrogens is 4. The molecule has 0 atom stereocenters. The Bertz CT molecular complexity index is 1140. The fourth-order valence-corrected chi connectivity index (χ4v) is 2.79. The second-order valence-corrected chi connectivity index (χ2v) is 7.64. The zero-order chi connectivity index (χ0) is 24.2. The van der Waals surface area contributed by atoms with Gasteiger partial charge < -0.3 is 15.4 Å². The van der Waals surface area contributed by atoms with Gasteiger partial charge >= 0.3 is 12.1 Å². The molecule has 0 radical (unpaired) electrons. The minimum atomic E-state index is -5.08. The lowest BCUT2D eigenvalue weighted by molar-refractivity contribution is -0.192. The molecule has 1 aliphatic carbocycles. The smallest absolute Gasteiger partial charge is 0.475 e. The number of nitrogens with one attached hydrogen (secondary N) is 2. The van der Waals surface area contributed by atoms with Crippen LogP contribution in [0.3, 0.4) is 0 Å². The van der Waals surface area contributed by atoms with Crippen molar-refractivity contribution in [2.45, 2.75) is 32.9 Å². The van der Waals surface area contributed by atoms with Gasteiger partial charge in [-0.1, -0.05) is 0 Å². The minimum absolute atomic E-state index is 0.0715. The van der Waals surface area contributed by atoms with E-state index in [9.17, 15) is 18.0 Å². The molecule has 174 valence electrons. The summed E-state index contributed by atoms with van der Waals surface area (Å²) >= 11 is 0. The Morgan fingerprint density at radius 2 is 1.88 bits per heavy atom. The van der Waals surface area contributed by atoms with E-state index in [0.29, 0.717) is 11.5 Å². The summed E-state index contributed by atoms with van der Waals surface area (Å²) in [7, 11) is 0.